The lowest BCUT2D eigenvalue weighted by atomic mass is 9.96. The number of amides is 1. The van der Waals surface area contributed by atoms with E-state index in [-0.39, 0.29) is 23.2 Å². The number of carbonyl (C=O) groups is 1. The van der Waals surface area contributed by atoms with E-state index in [0.717, 1.165) is 36.2 Å². The second-order valence-electron chi connectivity index (χ2n) is 7.94. The molecule has 160 valence electrons. The monoisotopic (exact) mass is 420 g/mol. The summed E-state index contributed by atoms with van der Waals surface area (Å²) in [5.74, 6) is 0.0572. The fourth-order valence-corrected chi connectivity index (χ4v) is 3.86. The average molecular weight is 420 g/mol. The third kappa shape index (κ3) is 4.50. The number of anilines is 2. The normalized spacial score (nSPS) is 16.2. The smallest absolute Gasteiger partial charge is 0.271 e. The minimum Gasteiger partial charge on any atom is -0.354 e. The van der Waals surface area contributed by atoms with Crippen LogP contribution in [0.25, 0.3) is 5.69 Å². The minimum atomic E-state index is -0.373. The van der Waals surface area contributed by atoms with Gasteiger partial charge >= 0.3 is 0 Å². The van der Waals surface area contributed by atoms with Crippen molar-refractivity contribution >= 4 is 17.4 Å². The molecular formula is C24H25FN4O2. The van der Waals surface area contributed by atoms with Crippen molar-refractivity contribution in [2.24, 2.45) is 5.92 Å². The van der Waals surface area contributed by atoms with Gasteiger partial charge in [0, 0.05) is 24.8 Å². The highest BCUT2D eigenvalue weighted by atomic mass is 19.1. The van der Waals surface area contributed by atoms with Crippen molar-refractivity contribution in [1.29, 1.82) is 0 Å². The van der Waals surface area contributed by atoms with Crippen LogP contribution in [0.2, 0.25) is 0 Å². The van der Waals surface area contributed by atoms with E-state index in [0.29, 0.717) is 18.1 Å². The lowest BCUT2D eigenvalue weighted by Gasteiger charge is -2.33. The average Bonchev–Trinajstić information content (AvgIpc) is 2.78. The van der Waals surface area contributed by atoms with Crippen LogP contribution in [0, 0.1) is 25.6 Å². The maximum absolute atomic E-state index is 13.2. The van der Waals surface area contributed by atoms with E-state index in [9.17, 15) is 14.0 Å². The highest BCUT2D eigenvalue weighted by Crippen LogP contribution is 2.24. The molecule has 1 aliphatic rings. The largest absolute Gasteiger partial charge is 0.354 e. The fourth-order valence-electron chi connectivity index (χ4n) is 3.86. The van der Waals surface area contributed by atoms with Crippen molar-refractivity contribution in [2.75, 3.05) is 23.3 Å². The summed E-state index contributed by atoms with van der Waals surface area (Å²) in [6, 6.07) is 14.6. The van der Waals surface area contributed by atoms with Crippen LogP contribution in [0.1, 0.15) is 24.0 Å². The van der Waals surface area contributed by atoms with Crippen LogP contribution in [-0.2, 0) is 4.79 Å². The first-order chi connectivity index (χ1) is 14.9. The Labute approximate surface area is 180 Å². The molecule has 1 aliphatic heterocycles. The zero-order valence-electron chi connectivity index (χ0n) is 17.6. The first kappa shape index (κ1) is 20.8. The summed E-state index contributed by atoms with van der Waals surface area (Å²) in [6.07, 6.45) is 1.65. The highest BCUT2D eigenvalue weighted by Gasteiger charge is 2.27. The van der Waals surface area contributed by atoms with E-state index in [1.54, 1.807) is 6.07 Å². The zero-order chi connectivity index (χ0) is 22.0. The maximum Gasteiger partial charge on any atom is 0.271 e. The summed E-state index contributed by atoms with van der Waals surface area (Å²) >= 11 is 0. The molecule has 0 saturated carbocycles. The number of nitrogens with zero attached hydrogens (tertiary/aromatic N) is 3. The number of carbonyl (C=O) groups excluding carboxylic acids is 1. The van der Waals surface area contributed by atoms with Crippen molar-refractivity contribution in [3.05, 3.63) is 81.9 Å². The van der Waals surface area contributed by atoms with Gasteiger partial charge in [-0.3, -0.25) is 9.59 Å². The molecule has 2 heterocycles. The van der Waals surface area contributed by atoms with E-state index in [2.05, 4.69) is 10.4 Å². The van der Waals surface area contributed by atoms with Crippen LogP contribution in [0.3, 0.4) is 0 Å². The molecule has 0 unspecified atom stereocenters. The van der Waals surface area contributed by atoms with E-state index >= 15 is 0 Å². The van der Waals surface area contributed by atoms with Crippen LogP contribution in [-0.4, -0.2) is 28.8 Å². The predicted molar refractivity (Wildman–Crippen MR) is 119 cm³/mol. The number of halogens is 1. The molecule has 4 rings (SSSR count). The summed E-state index contributed by atoms with van der Waals surface area (Å²) in [5, 5.41) is 7.54. The Morgan fingerprint density at radius 3 is 2.65 bits per heavy atom. The SMILES string of the molecule is Cc1cccc(NC(=O)[C@@H]2CCCN(c3ccc(=O)n(-c4ccc(F)cc4)n3)C2)c1C. The minimum absolute atomic E-state index is 0.00902. The molecule has 6 nitrogen and oxygen atoms in total. The zero-order valence-corrected chi connectivity index (χ0v) is 17.6. The van der Waals surface area contributed by atoms with Gasteiger partial charge in [-0.15, -0.1) is 5.10 Å². The highest BCUT2D eigenvalue weighted by molar-refractivity contribution is 5.93. The molecule has 0 aliphatic carbocycles. The van der Waals surface area contributed by atoms with Gasteiger partial charge in [0.2, 0.25) is 5.91 Å². The van der Waals surface area contributed by atoms with Gasteiger partial charge in [0.05, 0.1) is 11.6 Å². The number of aromatic nitrogens is 2. The van der Waals surface area contributed by atoms with Crippen molar-refractivity contribution in [2.45, 2.75) is 26.7 Å². The second-order valence-corrected chi connectivity index (χ2v) is 7.94. The molecule has 0 spiro atoms. The van der Waals surface area contributed by atoms with Gasteiger partial charge < -0.3 is 10.2 Å². The number of nitrogens with one attached hydrogen (secondary N) is 1. The van der Waals surface area contributed by atoms with Crippen molar-refractivity contribution in [3.63, 3.8) is 0 Å². The van der Waals surface area contributed by atoms with Gasteiger partial charge in [-0.1, -0.05) is 12.1 Å². The third-order valence-electron chi connectivity index (χ3n) is 5.84. The summed E-state index contributed by atoms with van der Waals surface area (Å²) in [5.41, 5.74) is 3.24. The van der Waals surface area contributed by atoms with E-state index in [1.807, 2.05) is 36.9 Å². The number of hydrogen-bond donors (Lipinski definition) is 1. The summed E-state index contributed by atoms with van der Waals surface area (Å²) in [6.45, 7) is 5.29. The lowest BCUT2D eigenvalue weighted by Crippen LogP contribution is -2.42. The quantitative estimate of drug-likeness (QED) is 0.696. The molecule has 2 aromatic carbocycles. The van der Waals surface area contributed by atoms with E-state index in [4.69, 9.17) is 0 Å². The topological polar surface area (TPSA) is 67.2 Å². The number of piperidine rings is 1. The first-order valence-electron chi connectivity index (χ1n) is 10.4. The molecular weight excluding hydrogens is 395 g/mol. The summed E-state index contributed by atoms with van der Waals surface area (Å²) < 4.78 is 14.5. The molecule has 1 saturated heterocycles. The number of hydrogen-bond acceptors (Lipinski definition) is 4. The second kappa shape index (κ2) is 8.71. The Morgan fingerprint density at radius 1 is 1.10 bits per heavy atom. The van der Waals surface area contributed by atoms with E-state index < -0.39 is 0 Å². The Hall–Kier alpha value is -3.48. The summed E-state index contributed by atoms with van der Waals surface area (Å²) in [7, 11) is 0. The molecule has 7 heteroatoms. The van der Waals surface area contributed by atoms with Crippen molar-refractivity contribution in [3.8, 4) is 5.69 Å². The third-order valence-corrected chi connectivity index (χ3v) is 5.84. The van der Waals surface area contributed by atoms with E-state index in [1.165, 1.54) is 35.0 Å². The van der Waals surface area contributed by atoms with Crippen LogP contribution < -0.4 is 15.8 Å². The Bertz CT molecular complexity index is 1160. The van der Waals surface area contributed by atoms with Crippen molar-refractivity contribution in [1.82, 2.24) is 9.78 Å². The standard InChI is InChI=1S/C24H25FN4O2/c1-16-5-3-7-21(17(16)2)26-24(31)18-6-4-14-28(15-18)22-12-13-23(30)29(27-22)20-10-8-19(25)9-11-20/h3,5,7-13,18H,4,6,14-15H2,1-2H3,(H,26,31)/t18-/m1/s1. The lowest BCUT2D eigenvalue weighted by molar-refractivity contribution is -0.120. The van der Waals surface area contributed by atoms with Crippen LogP contribution in [0.4, 0.5) is 15.9 Å². The van der Waals surface area contributed by atoms with Gasteiger partial charge in [-0.25, -0.2) is 4.39 Å². The molecule has 1 fully saturated rings. The fraction of sp³-hybridized carbons (Fsp3) is 0.292. The number of rotatable bonds is 4. The predicted octanol–water partition coefficient (Wildman–Crippen LogP) is 3.84. The van der Waals surface area contributed by atoms with Crippen LogP contribution in [0.5, 0.6) is 0 Å². The Balaban J connectivity index is 1.52. The van der Waals surface area contributed by atoms with Gasteiger partial charge in [-0.05, 0) is 74.2 Å². The van der Waals surface area contributed by atoms with Gasteiger partial charge in [-0.2, -0.15) is 4.68 Å². The maximum atomic E-state index is 13.2. The van der Waals surface area contributed by atoms with Crippen molar-refractivity contribution < 1.29 is 9.18 Å². The van der Waals surface area contributed by atoms with Gasteiger partial charge in [0.1, 0.15) is 11.6 Å². The molecule has 0 bridgehead atoms. The molecule has 1 amide bonds. The van der Waals surface area contributed by atoms with Gasteiger partial charge in [0.15, 0.2) is 0 Å². The van der Waals surface area contributed by atoms with Gasteiger partial charge in [0.25, 0.3) is 5.56 Å². The molecule has 31 heavy (non-hydrogen) atoms. The molecule has 1 atom stereocenters. The first-order valence-corrected chi connectivity index (χ1v) is 10.4. The molecule has 0 radical (unpaired) electrons. The van der Waals surface area contributed by atoms with Crippen LogP contribution in [0.15, 0.2) is 59.4 Å². The molecule has 1 aromatic heterocycles. The Morgan fingerprint density at radius 2 is 1.87 bits per heavy atom. The number of benzene rings is 2. The number of aryl methyl sites for hydroxylation is 1. The van der Waals surface area contributed by atoms with Crippen LogP contribution >= 0.6 is 0 Å². The molecule has 3 aromatic rings. The summed E-state index contributed by atoms with van der Waals surface area (Å²) in [4.78, 5) is 27.3. The Kier molecular flexibility index (Phi) is 5.84. The molecule has 1 N–H and O–H groups in total.